The van der Waals surface area contributed by atoms with E-state index in [0.717, 1.165) is 11.3 Å². The number of rotatable bonds is 4. The molecule has 0 bridgehead atoms. The van der Waals surface area contributed by atoms with E-state index in [1.807, 2.05) is 31.2 Å². The number of piperidine rings is 1. The third-order valence-electron chi connectivity index (χ3n) is 4.14. The fraction of sp³-hybridized carbons (Fsp3) is 0.500. The molecule has 0 aromatic heterocycles. The minimum atomic E-state index is -0.759. The summed E-state index contributed by atoms with van der Waals surface area (Å²) in [6, 6.07) is 7.47. The molecule has 1 aromatic rings. The van der Waals surface area contributed by atoms with E-state index in [-0.39, 0.29) is 17.7 Å². The second kappa shape index (κ2) is 6.61. The van der Waals surface area contributed by atoms with Crippen molar-refractivity contribution < 1.29 is 19.4 Å². The Balaban J connectivity index is 1.97. The van der Waals surface area contributed by atoms with Gasteiger partial charge in [0.15, 0.2) is 0 Å². The van der Waals surface area contributed by atoms with Crippen LogP contribution in [0.4, 0.5) is 0 Å². The second-order valence-corrected chi connectivity index (χ2v) is 5.43. The van der Waals surface area contributed by atoms with Crippen molar-refractivity contribution in [3.05, 3.63) is 29.8 Å². The monoisotopic (exact) mass is 291 g/mol. The highest BCUT2D eigenvalue weighted by molar-refractivity contribution is 5.83. The van der Waals surface area contributed by atoms with E-state index in [0.29, 0.717) is 25.9 Å². The Morgan fingerprint density at radius 3 is 2.29 bits per heavy atom. The third-order valence-corrected chi connectivity index (χ3v) is 4.14. The van der Waals surface area contributed by atoms with Gasteiger partial charge in [0.2, 0.25) is 5.91 Å². The smallest absolute Gasteiger partial charge is 0.306 e. The van der Waals surface area contributed by atoms with Crippen LogP contribution in [0, 0.1) is 5.92 Å². The lowest BCUT2D eigenvalue weighted by Gasteiger charge is -2.32. The molecule has 1 heterocycles. The van der Waals surface area contributed by atoms with Crippen molar-refractivity contribution in [2.24, 2.45) is 5.92 Å². The quantitative estimate of drug-likeness (QED) is 0.922. The molecule has 114 valence electrons. The topological polar surface area (TPSA) is 66.8 Å². The molecule has 0 spiro atoms. The average molecular weight is 291 g/mol. The Kier molecular flexibility index (Phi) is 4.83. The highest BCUT2D eigenvalue weighted by Crippen LogP contribution is 2.24. The number of carboxylic acids is 1. The zero-order chi connectivity index (χ0) is 15.4. The molecule has 1 atom stereocenters. The first-order chi connectivity index (χ1) is 10.0. The van der Waals surface area contributed by atoms with Gasteiger partial charge in [-0.15, -0.1) is 0 Å². The van der Waals surface area contributed by atoms with Crippen molar-refractivity contribution in [3.8, 4) is 5.75 Å². The molecule has 1 amide bonds. The molecule has 1 N–H and O–H groups in total. The summed E-state index contributed by atoms with van der Waals surface area (Å²) in [7, 11) is 1.61. The summed E-state index contributed by atoms with van der Waals surface area (Å²) in [6.45, 7) is 2.93. The summed E-state index contributed by atoms with van der Waals surface area (Å²) < 4.78 is 5.11. The summed E-state index contributed by atoms with van der Waals surface area (Å²) in [5.74, 6) is -0.474. The molecule has 5 nitrogen and oxygen atoms in total. The Morgan fingerprint density at radius 2 is 1.81 bits per heavy atom. The van der Waals surface area contributed by atoms with Crippen molar-refractivity contribution in [2.45, 2.75) is 25.7 Å². The molecule has 1 aliphatic heterocycles. The number of methoxy groups -OCH3 is 1. The molecule has 1 saturated heterocycles. The van der Waals surface area contributed by atoms with E-state index in [1.165, 1.54) is 0 Å². The Hall–Kier alpha value is -2.04. The summed E-state index contributed by atoms with van der Waals surface area (Å²) in [5, 5.41) is 8.98. The van der Waals surface area contributed by atoms with Gasteiger partial charge in [0.25, 0.3) is 0 Å². The lowest BCUT2D eigenvalue weighted by molar-refractivity contribution is -0.146. The molecule has 0 saturated carbocycles. The zero-order valence-electron chi connectivity index (χ0n) is 12.4. The first kappa shape index (κ1) is 15.4. The second-order valence-electron chi connectivity index (χ2n) is 5.43. The van der Waals surface area contributed by atoms with Crippen LogP contribution in [0.1, 0.15) is 31.2 Å². The Morgan fingerprint density at radius 1 is 1.24 bits per heavy atom. The third kappa shape index (κ3) is 3.54. The molecule has 1 fully saturated rings. The van der Waals surface area contributed by atoms with Crippen LogP contribution in [0.2, 0.25) is 0 Å². The van der Waals surface area contributed by atoms with E-state index in [1.54, 1.807) is 12.0 Å². The predicted molar refractivity (Wildman–Crippen MR) is 78.3 cm³/mol. The van der Waals surface area contributed by atoms with Crippen molar-refractivity contribution >= 4 is 11.9 Å². The van der Waals surface area contributed by atoms with Gasteiger partial charge in [-0.05, 0) is 37.5 Å². The van der Waals surface area contributed by atoms with E-state index in [4.69, 9.17) is 9.84 Å². The summed E-state index contributed by atoms with van der Waals surface area (Å²) >= 11 is 0. The highest BCUT2D eigenvalue weighted by Gasteiger charge is 2.29. The molecular formula is C16H21NO4. The zero-order valence-corrected chi connectivity index (χ0v) is 12.4. The number of aliphatic carboxylic acids is 1. The first-order valence-corrected chi connectivity index (χ1v) is 7.18. The van der Waals surface area contributed by atoms with E-state index < -0.39 is 5.97 Å². The molecule has 5 heteroatoms. The molecule has 0 unspecified atom stereocenters. The minimum Gasteiger partial charge on any atom is -0.497 e. The molecule has 0 radical (unpaired) electrons. The Bertz CT molecular complexity index is 504. The van der Waals surface area contributed by atoms with E-state index >= 15 is 0 Å². The van der Waals surface area contributed by atoms with Crippen LogP contribution in [0.5, 0.6) is 5.75 Å². The number of amides is 1. The van der Waals surface area contributed by atoms with E-state index in [2.05, 4.69) is 0 Å². The maximum Gasteiger partial charge on any atom is 0.306 e. The largest absolute Gasteiger partial charge is 0.497 e. The standard InChI is InChI=1S/C16H21NO4/c1-11(12-3-5-14(21-2)6-4-12)15(18)17-9-7-13(8-10-17)16(19)20/h3-6,11,13H,7-10H2,1-2H3,(H,19,20)/t11-/m1/s1. The number of hydrogen-bond donors (Lipinski definition) is 1. The van der Waals surface area contributed by atoms with Gasteiger partial charge < -0.3 is 14.7 Å². The van der Waals surface area contributed by atoms with Gasteiger partial charge in [-0.3, -0.25) is 9.59 Å². The number of hydrogen-bond acceptors (Lipinski definition) is 3. The van der Waals surface area contributed by atoms with Crippen LogP contribution in [0.3, 0.4) is 0 Å². The van der Waals surface area contributed by atoms with Crippen molar-refractivity contribution in [2.75, 3.05) is 20.2 Å². The predicted octanol–water partition coefficient (Wildman–Crippen LogP) is 2.12. The lowest BCUT2D eigenvalue weighted by atomic mass is 9.94. The van der Waals surface area contributed by atoms with Gasteiger partial charge >= 0.3 is 5.97 Å². The fourth-order valence-corrected chi connectivity index (χ4v) is 2.66. The summed E-state index contributed by atoms with van der Waals surface area (Å²) in [5.41, 5.74) is 0.946. The van der Waals surface area contributed by atoms with Crippen LogP contribution in [-0.4, -0.2) is 42.1 Å². The highest BCUT2D eigenvalue weighted by atomic mass is 16.5. The number of benzene rings is 1. The number of carboxylic acid groups (broad SMARTS) is 1. The van der Waals surface area contributed by atoms with Gasteiger partial charge in [0.05, 0.1) is 18.9 Å². The van der Waals surface area contributed by atoms with Gasteiger partial charge in [0.1, 0.15) is 5.75 Å². The maximum atomic E-state index is 12.5. The van der Waals surface area contributed by atoms with Gasteiger partial charge in [0, 0.05) is 13.1 Å². The average Bonchev–Trinajstić information content (AvgIpc) is 2.53. The van der Waals surface area contributed by atoms with Crippen molar-refractivity contribution in [1.29, 1.82) is 0 Å². The number of likely N-dealkylation sites (tertiary alicyclic amines) is 1. The molecule has 2 rings (SSSR count). The normalized spacial score (nSPS) is 17.3. The fourth-order valence-electron chi connectivity index (χ4n) is 2.66. The van der Waals surface area contributed by atoms with E-state index in [9.17, 15) is 9.59 Å². The first-order valence-electron chi connectivity index (χ1n) is 7.18. The van der Waals surface area contributed by atoms with Crippen molar-refractivity contribution in [1.82, 2.24) is 4.90 Å². The van der Waals surface area contributed by atoms with Crippen molar-refractivity contribution in [3.63, 3.8) is 0 Å². The van der Waals surface area contributed by atoms with Gasteiger partial charge in [-0.2, -0.15) is 0 Å². The maximum absolute atomic E-state index is 12.5. The molecule has 21 heavy (non-hydrogen) atoms. The van der Waals surface area contributed by atoms with Crippen LogP contribution < -0.4 is 4.74 Å². The van der Waals surface area contributed by atoms with Crippen LogP contribution in [-0.2, 0) is 9.59 Å². The summed E-state index contributed by atoms with van der Waals surface area (Å²) in [4.78, 5) is 25.2. The molecule has 1 aliphatic rings. The van der Waals surface area contributed by atoms with Crippen LogP contribution >= 0.6 is 0 Å². The number of nitrogens with zero attached hydrogens (tertiary/aromatic N) is 1. The number of ether oxygens (including phenoxy) is 1. The van der Waals surface area contributed by atoms with Crippen LogP contribution in [0.15, 0.2) is 24.3 Å². The lowest BCUT2D eigenvalue weighted by Crippen LogP contribution is -2.42. The minimum absolute atomic E-state index is 0.0593. The summed E-state index contributed by atoms with van der Waals surface area (Å²) in [6.07, 6.45) is 1.08. The number of carbonyl (C=O) groups excluding carboxylic acids is 1. The number of carbonyl (C=O) groups is 2. The van der Waals surface area contributed by atoms with Gasteiger partial charge in [-0.1, -0.05) is 12.1 Å². The van der Waals surface area contributed by atoms with Crippen LogP contribution in [0.25, 0.3) is 0 Å². The Labute approximate surface area is 124 Å². The SMILES string of the molecule is COc1ccc([C@@H](C)C(=O)N2CCC(C(=O)O)CC2)cc1. The molecular weight excluding hydrogens is 270 g/mol. The molecule has 0 aliphatic carbocycles. The van der Waals surface area contributed by atoms with Gasteiger partial charge in [-0.25, -0.2) is 0 Å². The molecule has 1 aromatic carbocycles.